The number of thiazole rings is 1. The van der Waals surface area contributed by atoms with Crippen LogP contribution in [0.25, 0.3) is 11.3 Å². The zero-order chi connectivity index (χ0) is 22.2. The Morgan fingerprint density at radius 3 is 2.65 bits per heavy atom. The molecule has 0 spiro atoms. The van der Waals surface area contributed by atoms with Crippen molar-refractivity contribution in [3.8, 4) is 11.3 Å². The number of anilines is 1. The number of hydrogen-bond acceptors (Lipinski definition) is 5. The average Bonchev–Trinajstić information content (AvgIpc) is 3.27. The number of aromatic nitrogens is 1. The topological polar surface area (TPSA) is 91.4 Å². The van der Waals surface area contributed by atoms with Crippen LogP contribution in [0.3, 0.4) is 0 Å². The Kier molecular flexibility index (Phi) is 5.70. The normalized spacial score (nSPS) is 18.2. The fourth-order valence-electron chi connectivity index (χ4n) is 3.26. The summed E-state index contributed by atoms with van der Waals surface area (Å²) in [6.07, 6.45) is 0. The second kappa shape index (κ2) is 8.30. The molecule has 0 radical (unpaired) electrons. The van der Waals surface area contributed by atoms with Gasteiger partial charge in [0.15, 0.2) is 5.13 Å². The predicted molar refractivity (Wildman–Crippen MR) is 120 cm³/mol. The van der Waals surface area contributed by atoms with Crippen LogP contribution in [0.2, 0.25) is 10.0 Å². The molecule has 1 aromatic heterocycles. The second-order valence-corrected chi connectivity index (χ2v) is 8.72. The van der Waals surface area contributed by atoms with Crippen molar-refractivity contribution in [1.29, 1.82) is 0 Å². The molecule has 1 saturated heterocycles. The van der Waals surface area contributed by atoms with Crippen LogP contribution in [0.1, 0.15) is 12.5 Å². The molecule has 2 aromatic carbocycles. The highest BCUT2D eigenvalue weighted by Gasteiger charge is 2.49. The van der Waals surface area contributed by atoms with Gasteiger partial charge in [-0.15, -0.1) is 11.3 Å². The number of imide groups is 1. The Balaban J connectivity index is 1.45. The number of hydrogen-bond donors (Lipinski definition) is 2. The number of urea groups is 1. The van der Waals surface area contributed by atoms with Gasteiger partial charge in [0, 0.05) is 16.0 Å². The molecule has 0 saturated carbocycles. The number of benzene rings is 2. The average molecular weight is 475 g/mol. The van der Waals surface area contributed by atoms with E-state index in [1.807, 2.05) is 6.07 Å². The molecular formula is C21H16Cl2N4O3S. The summed E-state index contributed by atoms with van der Waals surface area (Å²) in [4.78, 5) is 43.0. The Morgan fingerprint density at radius 2 is 1.94 bits per heavy atom. The van der Waals surface area contributed by atoms with Gasteiger partial charge < -0.3 is 10.6 Å². The van der Waals surface area contributed by atoms with E-state index in [1.165, 1.54) is 11.3 Å². The third kappa shape index (κ3) is 4.14. The number of halogens is 2. The maximum Gasteiger partial charge on any atom is 0.325 e. The fraction of sp³-hybridized carbons (Fsp3) is 0.143. The summed E-state index contributed by atoms with van der Waals surface area (Å²) in [7, 11) is 0. The van der Waals surface area contributed by atoms with Gasteiger partial charge in [0.25, 0.3) is 5.91 Å². The predicted octanol–water partition coefficient (Wildman–Crippen LogP) is 4.52. The molecule has 10 heteroatoms. The first-order valence-corrected chi connectivity index (χ1v) is 10.8. The van der Waals surface area contributed by atoms with E-state index in [-0.39, 0.29) is 0 Å². The minimum absolute atomic E-state index is 0.323. The zero-order valence-corrected chi connectivity index (χ0v) is 18.5. The molecule has 31 heavy (non-hydrogen) atoms. The number of amides is 4. The van der Waals surface area contributed by atoms with E-state index < -0.39 is 29.9 Å². The first-order chi connectivity index (χ1) is 14.8. The molecule has 0 aliphatic carbocycles. The van der Waals surface area contributed by atoms with Crippen molar-refractivity contribution in [2.75, 3.05) is 11.9 Å². The van der Waals surface area contributed by atoms with Crippen molar-refractivity contribution in [2.24, 2.45) is 0 Å². The maximum absolute atomic E-state index is 12.9. The summed E-state index contributed by atoms with van der Waals surface area (Å²) in [5, 5.41) is 8.31. The van der Waals surface area contributed by atoms with Crippen LogP contribution < -0.4 is 10.6 Å². The molecule has 1 aliphatic heterocycles. The van der Waals surface area contributed by atoms with Gasteiger partial charge in [-0.3, -0.25) is 14.5 Å². The Bertz CT molecular complexity index is 1180. The lowest BCUT2D eigenvalue weighted by Crippen LogP contribution is -2.42. The summed E-state index contributed by atoms with van der Waals surface area (Å²) < 4.78 is 0. The smallest absolute Gasteiger partial charge is 0.319 e. The van der Waals surface area contributed by atoms with Crippen LogP contribution in [0.5, 0.6) is 0 Å². The molecule has 0 bridgehead atoms. The van der Waals surface area contributed by atoms with Crippen molar-refractivity contribution >= 4 is 57.5 Å². The van der Waals surface area contributed by atoms with Crippen molar-refractivity contribution in [1.82, 2.24) is 15.2 Å². The summed E-state index contributed by atoms with van der Waals surface area (Å²) >= 11 is 13.3. The van der Waals surface area contributed by atoms with Crippen molar-refractivity contribution in [3.63, 3.8) is 0 Å². The quantitative estimate of drug-likeness (QED) is 0.531. The van der Waals surface area contributed by atoms with Gasteiger partial charge in [-0.2, -0.15) is 0 Å². The van der Waals surface area contributed by atoms with Crippen LogP contribution in [0.15, 0.2) is 53.9 Å². The number of carbonyl (C=O) groups excluding carboxylic acids is 3. The number of carbonyl (C=O) groups is 3. The SMILES string of the molecule is CC1(c2ccccc2)NC(=O)N(CC(=O)Nc2nc(-c3ccc(Cl)cc3Cl)cs2)C1=O. The molecule has 1 fully saturated rings. The van der Waals surface area contributed by atoms with Crippen LogP contribution >= 0.6 is 34.5 Å². The lowest BCUT2D eigenvalue weighted by atomic mass is 9.92. The van der Waals surface area contributed by atoms with Crippen LogP contribution in [0, 0.1) is 0 Å². The molecule has 1 atom stereocenters. The van der Waals surface area contributed by atoms with E-state index in [0.29, 0.717) is 32.0 Å². The van der Waals surface area contributed by atoms with Gasteiger partial charge in [-0.1, -0.05) is 53.5 Å². The summed E-state index contributed by atoms with van der Waals surface area (Å²) in [6.45, 7) is 1.19. The van der Waals surface area contributed by atoms with E-state index >= 15 is 0 Å². The molecule has 158 valence electrons. The molecule has 4 rings (SSSR count). The summed E-state index contributed by atoms with van der Waals surface area (Å²) in [6, 6.07) is 13.3. The Hall–Kier alpha value is -2.94. The first-order valence-electron chi connectivity index (χ1n) is 9.18. The van der Waals surface area contributed by atoms with Crippen molar-refractivity contribution in [2.45, 2.75) is 12.5 Å². The van der Waals surface area contributed by atoms with Gasteiger partial charge in [0.05, 0.1) is 10.7 Å². The monoisotopic (exact) mass is 474 g/mol. The molecular weight excluding hydrogens is 459 g/mol. The second-order valence-electron chi connectivity index (χ2n) is 7.02. The maximum atomic E-state index is 12.9. The van der Waals surface area contributed by atoms with Gasteiger partial charge in [0.1, 0.15) is 12.1 Å². The minimum atomic E-state index is -1.22. The third-order valence-corrected chi connectivity index (χ3v) is 6.19. The van der Waals surface area contributed by atoms with Crippen molar-refractivity contribution < 1.29 is 14.4 Å². The molecule has 1 aliphatic rings. The summed E-state index contributed by atoms with van der Waals surface area (Å²) in [5.74, 6) is -1.03. The highest BCUT2D eigenvalue weighted by Crippen LogP contribution is 2.32. The van der Waals surface area contributed by atoms with Gasteiger partial charge in [-0.05, 0) is 30.7 Å². The third-order valence-electron chi connectivity index (χ3n) is 4.89. The van der Waals surface area contributed by atoms with Crippen molar-refractivity contribution in [3.05, 3.63) is 69.5 Å². The summed E-state index contributed by atoms with van der Waals surface area (Å²) in [5.41, 5.74) is 0.669. The lowest BCUT2D eigenvalue weighted by Gasteiger charge is -2.21. The molecule has 1 unspecified atom stereocenters. The highest BCUT2D eigenvalue weighted by atomic mass is 35.5. The first kappa shape index (κ1) is 21.3. The minimum Gasteiger partial charge on any atom is -0.319 e. The van der Waals surface area contributed by atoms with Crippen LogP contribution in [-0.4, -0.2) is 34.3 Å². The molecule has 4 amide bonds. The Morgan fingerprint density at radius 1 is 1.19 bits per heavy atom. The molecule has 7 nitrogen and oxygen atoms in total. The standard InChI is InChI=1S/C21H16Cl2N4O3S/c1-21(12-5-3-2-4-6-12)18(29)27(20(30)26-21)10-17(28)25-19-24-16(11-31-19)14-8-7-13(22)9-15(14)23/h2-9,11H,10H2,1H3,(H,26,30)(H,24,25,28). The van der Waals surface area contributed by atoms with E-state index in [0.717, 1.165) is 4.90 Å². The van der Waals surface area contributed by atoms with Crippen LogP contribution in [0.4, 0.5) is 9.93 Å². The van der Waals surface area contributed by atoms with Crippen LogP contribution in [-0.2, 0) is 15.1 Å². The molecule has 2 N–H and O–H groups in total. The fourth-order valence-corrected chi connectivity index (χ4v) is 4.49. The Labute approximate surface area is 192 Å². The van der Waals surface area contributed by atoms with Gasteiger partial charge in [0.2, 0.25) is 5.91 Å². The zero-order valence-electron chi connectivity index (χ0n) is 16.2. The van der Waals surface area contributed by atoms with E-state index in [1.54, 1.807) is 54.8 Å². The van der Waals surface area contributed by atoms with E-state index in [2.05, 4.69) is 15.6 Å². The number of rotatable bonds is 5. The van der Waals surface area contributed by atoms with Gasteiger partial charge >= 0.3 is 6.03 Å². The van der Waals surface area contributed by atoms with E-state index in [4.69, 9.17) is 23.2 Å². The molecule has 3 aromatic rings. The number of nitrogens with one attached hydrogen (secondary N) is 2. The molecule has 2 heterocycles. The van der Waals surface area contributed by atoms with E-state index in [9.17, 15) is 14.4 Å². The van der Waals surface area contributed by atoms with Gasteiger partial charge in [-0.25, -0.2) is 9.78 Å². The largest absolute Gasteiger partial charge is 0.325 e. The highest BCUT2D eigenvalue weighted by molar-refractivity contribution is 7.14. The lowest BCUT2D eigenvalue weighted by molar-refractivity contribution is -0.133. The number of nitrogens with zero attached hydrogens (tertiary/aromatic N) is 2.